The van der Waals surface area contributed by atoms with Gasteiger partial charge in [-0.25, -0.2) is 0 Å². The summed E-state index contributed by atoms with van der Waals surface area (Å²) in [5, 5.41) is 0. The van der Waals surface area contributed by atoms with Crippen molar-refractivity contribution >= 4 is 11.9 Å². The van der Waals surface area contributed by atoms with E-state index in [1.165, 1.54) is 16.7 Å². The lowest BCUT2D eigenvalue weighted by Gasteiger charge is -2.21. The molecular weight excluding hydrogens is 278 g/mol. The fourth-order valence-electron chi connectivity index (χ4n) is 2.83. The Labute approximate surface area is 141 Å². The summed E-state index contributed by atoms with van der Waals surface area (Å²) in [6, 6.07) is 17.2. The lowest BCUT2D eigenvalue weighted by molar-refractivity contribution is 0.734. The third-order valence-electron chi connectivity index (χ3n) is 4.38. The van der Waals surface area contributed by atoms with E-state index in [-0.39, 0.29) is 5.41 Å². The van der Waals surface area contributed by atoms with Gasteiger partial charge in [0.2, 0.25) is 0 Å². The molecule has 0 fully saturated rings. The van der Waals surface area contributed by atoms with Gasteiger partial charge in [0.25, 0.3) is 0 Å². The highest BCUT2D eigenvalue weighted by Gasteiger charge is 2.19. The molecule has 2 aromatic rings. The fourth-order valence-corrected chi connectivity index (χ4v) is 2.83. The van der Waals surface area contributed by atoms with Crippen molar-refractivity contribution in [1.82, 2.24) is 0 Å². The van der Waals surface area contributed by atoms with Crippen LogP contribution >= 0.6 is 0 Å². The smallest absolute Gasteiger partial charge is 0.0695 e. The van der Waals surface area contributed by atoms with Gasteiger partial charge in [0, 0.05) is 11.6 Å². The van der Waals surface area contributed by atoms with Gasteiger partial charge >= 0.3 is 0 Å². The van der Waals surface area contributed by atoms with Crippen LogP contribution in [0.5, 0.6) is 0 Å². The van der Waals surface area contributed by atoms with E-state index in [4.69, 9.17) is 4.99 Å². The van der Waals surface area contributed by atoms with Gasteiger partial charge in [0.05, 0.1) is 5.69 Å². The van der Waals surface area contributed by atoms with Crippen molar-refractivity contribution < 1.29 is 0 Å². The maximum Gasteiger partial charge on any atom is 0.0695 e. The van der Waals surface area contributed by atoms with Crippen LogP contribution in [0.2, 0.25) is 0 Å². The van der Waals surface area contributed by atoms with Crippen molar-refractivity contribution in [1.29, 1.82) is 0 Å². The number of aliphatic imine (C=N–C) groups is 1. The van der Waals surface area contributed by atoms with E-state index in [9.17, 15) is 0 Å². The Morgan fingerprint density at radius 1 is 0.783 bits per heavy atom. The van der Waals surface area contributed by atoms with E-state index < -0.39 is 0 Å². The molecule has 0 radical (unpaired) electrons. The molecule has 0 atom stereocenters. The molecule has 0 saturated heterocycles. The van der Waals surface area contributed by atoms with E-state index in [2.05, 4.69) is 96.3 Å². The molecule has 0 heterocycles. The summed E-state index contributed by atoms with van der Waals surface area (Å²) in [6.07, 6.45) is 2.11. The summed E-state index contributed by atoms with van der Waals surface area (Å²) in [7, 11) is 0. The molecule has 0 spiro atoms. The second-order valence-electron chi connectivity index (χ2n) is 7.44. The van der Waals surface area contributed by atoms with Crippen molar-refractivity contribution in [2.45, 2.75) is 58.8 Å². The number of rotatable bonds is 5. The average molecular weight is 307 g/mol. The summed E-state index contributed by atoms with van der Waals surface area (Å²) in [5.41, 5.74) is 5.02. The summed E-state index contributed by atoms with van der Waals surface area (Å²) >= 11 is 0. The lowest BCUT2D eigenvalue weighted by Crippen LogP contribution is -2.18. The number of hydrogen-bond acceptors (Lipinski definition) is 1. The molecule has 0 N–H and O–H groups in total. The summed E-state index contributed by atoms with van der Waals surface area (Å²) in [4.78, 5) is 4.97. The van der Waals surface area contributed by atoms with E-state index in [0.29, 0.717) is 11.8 Å². The van der Waals surface area contributed by atoms with Crippen LogP contribution in [-0.4, -0.2) is 6.21 Å². The minimum atomic E-state index is -0.0837. The lowest BCUT2D eigenvalue weighted by atomic mass is 9.86. The molecule has 0 aliphatic carbocycles. The van der Waals surface area contributed by atoms with Crippen LogP contribution < -0.4 is 0 Å². The molecule has 0 amide bonds. The van der Waals surface area contributed by atoms with Crippen LogP contribution in [0, 0.1) is 0 Å². The molecule has 0 aromatic heterocycles. The van der Waals surface area contributed by atoms with Crippen LogP contribution in [0.4, 0.5) is 5.69 Å². The number of nitrogens with zero attached hydrogens (tertiary/aromatic N) is 1. The van der Waals surface area contributed by atoms with Crippen molar-refractivity contribution in [3.8, 4) is 0 Å². The maximum atomic E-state index is 4.97. The first-order valence-electron chi connectivity index (χ1n) is 8.56. The van der Waals surface area contributed by atoms with E-state index in [1.54, 1.807) is 0 Å². The minimum absolute atomic E-state index is 0.0837. The van der Waals surface area contributed by atoms with Gasteiger partial charge < -0.3 is 0 Å². The molecule has 1 heteroatoms. The Bertz CT molecular complexity index is 637. The fraction of sp³-hybridized carbons (Fsp3) is 0.409. The van der Waals surface area contributed by atoms with Crippen LogP contribution in [0.3, 0.4) is 0 Å². The predicted molar refractivity (Wildman–Crippen MR) is 102 cm³/mol. The van der Waals surface area contributed by atoms with Crippen LogP contribution in [0.25, 0.3) is 0 Å². The summed E-state index contributed by atoms with van der Waals surface area (Å²) in [6.45, 7) is 13.4. The zero-order valence-corrected chi connectivity index (χ0v) is 15.3. The first-order valence-corrected chi connectivity index (χ1v) is 8.56. The topological polar surface area (TPSA) is 12.4 Å². The highest BCUT2D eigenvalue weighted by Crippen LogP contribution is 2.35. The van der Waals surface area contributed by atoms with Gasteiger partial charge in [-0.05, 0) is 28.5 Å². The number of para-hydroxylation sites is 1. The second kappa shape index (κ2) is 7.12. The Morgan fingerprint density at radius 3 is 1.78 bits per heavy atom. The quantitative estimate of drug-likeness (QED) is 0.551. The third kappa shape index (κ3) is 4.10. The summed E-state index contributed by atoms with van der Waals surface area (Å²) in [5.74, 6) is 0.946. The van der Waals surface area contributed by atoms with E-state index in [0.717, 1.165) is 5.69 Å². The molecule has 2 rings (SSSR count). The standard InChI is InChI=1S/C22H29N/c1-16(2)19-13-10-14-20(17(3)4)21(19)23-15-22(5,6)18-11-8-7-9-12-18/h7-17H,1-6H3. The molecule has 0 bridgehead atoms. The SMILES string of the molecule is CC(C)c1cccc(C(C)C)c1N=CC(C)(C)c1ccccc1. The van der Waals surface area contributed by atoms with E-state index >= 15 is 0 Å². The molecular formula is C22H29N. The number of benzene rings is 2. The zero-order valence-electron chi connectivity index (χ0n) is 15.3. The maximum absolute atomic E-state index is 4.97. The van der Waals surface area contributed by atoms with Crippen molar-refractivity contribution in [2.24, 2.45) is 4.99 Å². The van der Waals surface area contributed by atoms with Gasteiger partial charge in [0.15, 0.2) is 0 Å². The molecule has 2 aromatic carbocycles. The first-order chi connectivity index (χ1) is 10.8. The van der Waals surface area contributed by atoms with Gasteiger partial charge in [-0.2, -0.15) is 0 Å². The third-order valence-corrected chi connectivity index (χ3v) is 4.38. The predicted octanol–water partition coefficient (Wildman–Crippen LogP) is 6.61. The van der Waals surface area contributed by atoms with Crippen molar-refractivity contribution in [3.63, 3.8) is 0 Å². The van der Waals surface area contributed by atoms with Gasteiger partial charge in [-0.1, -0.05) is 90.1 Å². The summed E-state index contributed by atoms with van der Waals surface area (Å²) < 4.78 is 0. The zero-order chi connectivity index (χ0) is 17.0. The largest absolute Gasteiger partial charge is 0.260 e. The first kappa shape index (κ1) is 17.5. The Balaban J connectivity index is 2.46. The monoisotopic (exact) mass is 307 g/mol. The molecule has 0 unspecified atom stereocenters. The van der Waals surface area contributed by atoms with Crippen LogP contribution in [0.15, 0.2) is 53.5 Å². The molecule has 122 valence electrons. The van der Waals surface area contributed by atoms with Crippen molar-refractivity contribution in [3.05, 3.63) is 65.2 Å². The Hall–Kier alpha value is -1.89. The van der Waals surface area contributed by atoms with E-state index in [1.807, 2.05) is 0 Å². The molecule has 1 nitrogen and oxygen atoms in total. The average Bonchev–Trinajstić information content (AvgIpc) is 2.53. The molecule has 0 aliphatic heterocycles. The molecule has 23 heavy (non-hydrogen) atoms. The van der Waals surface area contributed by atoms with Crippen molar-refractivity contribution in [2.75, 3.05) is 0 Å². The minimum Gasteiger partial charge on any atom is -0.260 e. The molecule has 0 saturated carbocycles. The Morgan fingerprint density at radius 2 is 1.30 bits per heavy atom. The van der Waals surface area contributed by atoms with Crippen LogP contribution in [-0.2, 0) is 5.41 Å². The van der Waals surface area contributed by atoms with Crippen LogP contribution in [0.1, 0.15) is 70.1 Å². The normalized spacial score (nSPS) is 12.5. The molecule has 0 aliphatic rings. The highest BCUT2D eigenvalue weighted by molar-refractivity contribution is 5.77. The Kier molecular flexibility index (Phi) is 5.41. The van der Waals surface area contributed by atoms with Gasteiger partial charge in [0.1, 0.15) is 0 Å². The number of hydrogen-bond donors (Lipinski definition) is 0. The highest BCUT2D eigenvalue weighted by atomic mass is 14.7. The second-order valence-corrected chi connectivity index (χ2v) is 7.44. The van der Waals surface area contributed by atoms with Gasteiger partial charge in [-0.15, -0.1) is 0 Å². The van der Waals surface area contributed by atoms with Gasteiger partial charge in [-0.3, -0.25) is 4.99 Å².